The normalized spacial score (nSPS) is 12.6. The van der Waals surface area contributed by atoms with Gasteiger partial charge < -0.3 is 20.1 Å². The number of aryl methyl sites for hydroxylation is 2. The lowest BCUT2D eigenvalue weighted by Crippen LogP contribution is -2.43. The second-order valence-electron chi connectivity index (χ2n) is 7.14. The van der Waals surface area contributed by atoms with Crippen molar-refractivity contribution in [3.8, 4) is 11.5 Å². The van der Waals surface area contributed by atoms with Gasteiger partial charge in [0.15, 0.2) is 17.5 Å². The second-order valence-corrected chi connectivity index (χ2v) is 7.14. The monoisotopic (exact) mass is 401 g/mol. The molecule has 1 heterocycles. The Hall–Kier alpha value is -2.70. The maximum Gasteiger partial charge on any atom is 0.191 e. The number of aromatic nitrogens is 2. The third-order valence-electron chi connectivity index (χ3n) is 4.84. The maximum atomic E-state index is 5.67. The lowest BCUT2D eigenvalue weighted by molar-refractivity contribution is 0.310. The number of methoxy groups -OCH3 is 1. The molecule has 0 saturated heterocycles. The Labute approximate surface area is 174 Å². The quantitative estimate of drug-likeness (QED) is 0.499. The molecule has 0 saturated carbocycles. The highest BCUT2D eigenvalue weighted by Gasteiger charge is 2.14. The van der Waals surface area contributed by atoms with Gasteiger partial charge in [-0.1, -0.05) is 6.07 Å². The summed E-state index contributed by atoms with van der Waals surface area (Å²) < 4.78 is 13.0. The molecule has 0 bridgehead atoms. The van der Waals surface area contributed by atoms with E-state index >= 15 is 0 Å². The van der Waals surface area contributed by atoms with E-state index in [0.717, 1.165) is 41.7 Å². The number of benzene rings is 1. The molecule has 1 aromatic heterocycles. The van der Waals surface area contributed by atoms with Gasteiger partial charge in [0, 0.05) is 25.3 Å². The number of nitrogens with zero attached hydrogens (tertiary/aromatic N) is 3. The average Bonchev–Trinajstić information content (AvgIpc) is 2.92. The van der Waals surface area contributed by atoms with Crippen LogP contribution in [0.25, 0.3) is 0 Å². The first kappa shape index (κ1) is 22.6. The van der Waals surface area contributed by atoms with Gasteiger partial charge in [-0.15, -0.1) is 0 Å². The molecule has 0 spiro atoms. The minimum atomic E-state index is 0.226. The van der Waals surface area contributed by atoms with E-state index < -0.39 is 0 Å². The van der Waals surface area contributed by atoms with Crippen molar-refractivity contribution in [3.05, 3.63) is 40.7 Å². The van der Waals surface area contributed by atoms with E-state index in [-0.39, 0.29) is 6.04 Å². The van der Waals surface area contributed by atoms with Crippen LogP contribution in [0.4, 0.5) is 0 Å². The fourth-order valence-electron chi connectivity index (χ4n) is 3.28. The van der Waals surface area contributed by atoms with Gasteiger partial charge in [-0.25, -0.2) is 4.99 Å². The summed E-state index contributed by atoms with van der Waals surface area (Å²) in [5.74, 6) is 2.28. The Morgan fingerprint density at radius 2 is 2.00 bits per heavy atom. The largest absolute Gasteiger partial charge is 0.493 e. The lowest BCUT2D eigenvalue weighted by Gasteiger charge is -2.18. The zero-order chi connectivity index (χ0) is 21.4. The van der Waals surface area contributed by atoms with Crippen molar-refractivity contribution >= 4 is 5.96 Å². The molecular weight excluding hydrogens is 366 g/mol. The molecule has 0 aliphatic carbocycles. The maximum absolute atomic E-state index is 5.67. The SMILES string of the molecule is CCNC(=NCc1ccc(OC)c(OCC)c1)NC(C)Cc1c(C)nn(C)c1C. The highest BCUT2D eigenvalue weighted by molar-refractivity contribution is 5.80. The van der Waals surface area contributed by atoms with Crippen molar-refractivity contribution in [1.29, 1.82) is 0 Å². The van der Waals surface area contributed by atoms with Crippen LogP contribution in [0.1, 0.15) is 43.3 Å². The predicted molar refractivity (Wildman–Crippen MR) is 118 cm³/mol. The molecule has 29 heavy (non-hydrogen) atoms. The number of guanidine groups is 1. The summed E-state index contributed by atoms with van der Waals surface area (Å²) in [7, 11) is 3.64. The number of hydrogen-bond donors (Lipinski definition) is 2. The van der Waals surface area contributed by atoms with Crippen molar-refractivity contribution in [2.75, 3.05) is 20.3 Å². The van der Waals surface area contributed by atoms with E-state index in [4.69, 9.17) is 14.5 Å². The highest BCUT2D eigenvalue weighted by atomic mass is 16.5. The molecule has 7 nitrogen and oxygen atoms in total. The molecule has 7 heteroatoms. The van der Waals surface area contributed by atoms with Gasteiger partial charge in [0.05, 0.1) is 26.0 Å². The van der Waals surface area contributed by atoms with Crippen LogP contribution in [0.15, 0.2) is 23.2 Å². The molecule has 0 amide bonds. The molecule has 1 atom stereocenters. The van der Waals surface area contributed by atoms with Crippen molar-refractivity contribution in [2.45, 2.75) is 53.6 Å². The van der Waals surface area contributed by atoms with Gasteiger partial charge in [0.25, 0.3) is 0 Å². The first-order valence-corrected chi connectivity index (χ1v) is 10.2. The zero-order valence-electron chi connectivity index (χ0n) is 18.8. The molecule has 2 N–H and O–H groups in total. The Kier molecular flexibility index (Phi) is 8.36. The number of aliphatic imine (C=N–C) groups is 1. The summed E-state index contributed by atoms with van der Waals surface area (Å²) in [5, 5.41) is 11.4. The van der Waals surface area contributed by atoms with Crippen LogP contribution in [-0.2, 0) is 20.0 Å². The highest BCUT2D eigenvalue weighted by Crippen LogP contribution is 2.28. The third kappa shape index (κ3) is 6.14. The van der Waals surface area contributed by atoms with Gasteiger partial charge >= 0.3 is 0 Å². The molecule has 1 unspecified atom stereocenters. The average molecular weight is 402 g/mol. The van der Waals surface area contributed by atoms with Crippen molar-refractivity contribution in [1.82, 2.24) is 20.4 Å². The topological polar surface area (TPSA) is 72.7 Å². The van der Waals surface area contributed by atoms with Crippen LogP contribution in [0.2, 0.25) is 0 Å². The third-order valence-corrected chi connectivity index (χ3v) is 4.84. The van der Waals surface area contributed by atoms with Crippen LogP contribution in [0.3, 0.4) is 0 Å². The van der Waals surface area contributed by atoms with Gasteiger partial charge in [-0.3, -0.25) is 4.68 Å². The summed E-state index contributed by atoms with van der Waals surface area (Å²) in [6.07, 6.45) is 0.896. The predicted octanol–water partition coefficient (Wildman–Crippen LogP) is 3.13. The minimum Gasteiger partial charge on any atom is -0.493 e. The molecule has 0 radical (unpaired) electrons. The van der Waals surface area contributed by atoms with Crippen LogP contribution in [0, 0.1) is 13.8 Å². The van der Waals surface area contributed by atoms with Crippen molar-refractivity contribution in [3.63, 3.8) is 0 Å². The van der Waals surface area contributed by atoms with Gasteiger partial charge in [0.1, 0.15) is 0 Å². The Morgan fingerprint density at radius 1 is 1.24 bits per heavy atom. The van der Waals surface area contributed by atoms with Gasteiger partial charge in [0.2, 0.25) is 0 Å². The molecule has 0 fully saturated rings. The van der Waals surface area contributed by atoms with Crippen LogP contribution < -0.4 is 20.1 Å². The minimum absolute atomic E-state index is 0.226. The first-order valence-electron chi connectivity index (χ1n) is 10.2. The van der Waals surface area contributed by atoms with E-state index in [9.17, 15) is 0 Å². The summed E-state index contributed by atoms with van der Waals surface area (Å²) in [6, 6.07) is 6.15. The Bertz CT molecular complexity index is 829. The van der Waals surface area contributed by atoms with Crippen molar-refractivity contribution < 1.29 is 9.47 Å². The summed E-state index contributed by atoms with van der Waals surface area (Å²) in [4.78, 5) is 4.75. The van der Waals surface area contributed by atoms with E-state index in [0.29, 0.717) is 13.2 Å². The van der Waals surface area contributed by atoms with Gasteiger partial charge in [-0.2, -0.15) is 5.10 Å². The first-order chi connectivity index (χ1) is 13.9. The van der Waals surface area contributed by atoms with E-state index in [1.807, 2.05) is 36.9 Å². The fourth-order valence-corrected chi connectivity index (χ4v) is 3.28. The molecule has 0 aliphatic heterocycles. The number of hydrogen-bond acceptors (Lipinski definition) is 4. The summed E-state index contributed by atoms with van der Waals surface area (Å²) in [5.41, 5.74) is 4.65. The number of ether oxygens (including phenoxy) is 2. The lowest BCUT2D eigenvalue weighted by atomic mass is 10.1. The molecule has 1 aromatic carbocycles. The van der Waals surface area contributed by atoms with Crippen molar-refractivity contribution in [2.24, 2.45) is 12.0 Å². The van der Waals surface area contributed by atoms with Gasteiger partial charge in [-0.05, 0) is 64.3 Å². The van der Waals surface area contributed by atoms with E-state index in [1.165, 1.54) is 11.3 Å². The molecule has 2 aromatic rings. The zero-order valence-corrected chi connectivity index (χ0v) is 18.8. The van der Waals surface area contributed by atoms with E-state index in [2.05, 4.69) is 43.4 Å². The fraction of sp³-hybridized carbons (Fsp3) is 0.545. The van der Waals surface area contributed by atoms with E-state index in [1.54, 1.807) is 7.11 Å². The molecule has 160 valence electrons. The smallest absolute Gasteiger partial charge is 0.191 e. The standard InChI is InChI=1S/C22H35N5O2/c1-8-23-22(25-15(3)12-19-16(4)26-27(6)17(19)5)24-14-18-10-11-20(28-7)21(13-18)29-9-2/h10-11,13,15H,8-9,12,14H2,1-7H3,(H2,23,24,25). The molecular formula is C22H35N5O2. The Morgan fingerprint density at radius 3 is 2.59 bits per heavy atom. The molecule has 0 aliphatic rings. The number of nitrogens with one attached hydrogen (secondary N) is 2. The van der Waals surface area contributed by atoms with Crippen LogP contribution in [-0.4, -0.2) is 42.0 Å². The Balaban J connectivity index is 2.08. The summed E-state index contributed by atoms with van der Waals surface area (Å²) >= 11 is 0. The summed E-state index contributed by atoms with van der Waals surface area (Å²) in [6.45, 7) is 12.3. The van der Waals surface area contributed by atoms with Crippen LogP contribution >= 0.6 is 0 Å². The number of rotatable bonds is 9. The second kappa shape index (κ2) is 10.7. The molecule has 2 rings (SSSR count). The van der Waals surface area contributed by atoms with Crippen LogP contribution in [0.5, 0.6) is 11.5 Å².